The topological polar surface area (TPSA) is 45.9 Å². The van der Waals surface area contributed by atoms with E-state index in [0.29, 0.717) is 11.4 Å². The van der Waals surface area contributed by atoms with Crippen molar-refractivity contribution in [2.45, 2.75) is 19.3 Å². The Bertz CT molecular complexity index is 627. The molecule has 0 bridgehead atoms. The van der Waals surface area contributed by atoms with Gasteiger partial charge in [0.2, 0.25) is 5.88 Å². The van der Waals surface area contributed by atoms with Crippen LogP contribution in [0.2, 0.25) is 0 Å². The number of benzene rings is 1. The molecule has 2 rings (SSSR count). The summed E-state index contributed by atoms with van der Waals surface area (Å²) in [6.45, 7) is 4.18. The zero-order chi connectivity index (χ0) is 13.9. The van der Waals surface area contributed by atoms with Crippen LogP contribution in [0.1, 0.15) is 30.7 Å². The maximum Gasteiger partial charge on any atom is 0.213 e. The van der Waals surface area contributed by atoms with E-state index in [9.17, 15) is 0 Å². The van der Waals surface area contributed by atoms with Crippen molar-refractivity contribution in [3.05, 3.63) is 59.3 Å². The molecule has 1 aromatic carbocycles. The minimum atomic E-state index is -0.276. The second-order valence-corrected chi connectivity index (χ2v) is 4.88. The molecule has 96 valence electrons. The van der Waals surface area contributed by atoms with Gasteiger partial charge in [-0.3, -0.25) is 0 Å². The first-order chi connectivity index (χ1) is 9.07. The van der Waals surface area contributed by atoms with Gasteiger partial charge in [0, 0.05) is 11.5 Å². The minimum Gasteiger partial charge on any atom is -0.481 e. The zero-order valence-corrected chi connectivity index (χ0v) is 11.3. The lowest BCUT2D eigenvalue weighted by Gasteiger charge is -2.25. The third-order valence-electron chi connectivity index (χ3n) is 3.29. The summed E-state index contributed by atoms with van der Waals surface area (Å²) in [7, 11) is 1.61. The molecule has 0 radical (unpaired) electrons. The van der Waals surface area contributed by atoms with Crippen LogP contribution in [0.4, 0.5) is 0 Å². The fourth-order valence-corrected chi connectivity index (χ4v) is 2.00. The molecule has 0 saturated carbocycles. The van der Waals surface area contributed by atoms with Crippen LogP contribution >= 0.6 is 0 Å². The van der Waals surface area contributed by atoms with Gasteiger partial charge in [-0.05, 0) is 23.8 Å². The molecule has 0 aliphatic carbocycles. The van der Waals surface area contributed by atoms with E-state index in [1.54, 1.807) is 13.2 Å². The van der Waals surface area contributed by atoms with Crippen LogP contribution in [0, 0.1) is 11.3 Å². The van der Waals surface area contributed by atoms with Crippen LogP contribution in [-0.2, 0) is 5.41 Å². The molecule has 19 heavy (non-hydrogen) atoms. The van der Waals surface area contributed by atoms with E-state index < -0.39 is 0 Å². The molecule has 1 heterocycles. The third-order valence-corrected chi connectivity index (χ3v) is 3.29. The van der Waals surface area contributed by atoms with Crippen LogP contribution in [-0.4, -0.2) is 12.1 Å². The van der Waals surface area contributed by atoms with Gasteiger partial charge in [0.15, 0.2) is 0 Å². The van der Waals surface area contributed by atoms with Gasteiger partial charge >= 0.3 is 0 Å². The predicted molar refractivity (Wildman–Crippen MR) is 74.1 cm³/mol. The Hall–Kier alpha value is -2.34. The lowest BCUT2D eigenvalue weighted by atomic mass is 9.80. The molecule has 0 saturated heterocycles. The van der Waals surface area contributed by atoms with Gasteiger partial charge in [0.1, 0.15) is 0 Å². The summed E-state index contributed by atoms with van der Waals surface area (Å²) in [5.41, 5.74) is 2.37. The lowest BCUT2D eigenvalue weighted by Crippen LogP contribution is -2.20. The monoisotopic (exact) mass is 252 g/mol. The normalized spacial score (nSPS) is 10.8. The Kier molecular flexibility index (Phi) is 3.52. The Balaban J connectivity index is 2.48. The zero-order valence-electron chi connectivity index (χ0n) is 11.3. The molecule has 3 heteroatoms. The first-order valence-electron chi connectivity index (χ1n) is 6.10. The van der Waals surface area contributed by atoms with Crippen LogP contribution < -0.4 is 4.74 Å². The summed E-state index contributed by atoms with van der Waals surface area (Å²) in [6, 6.07) is 15.5. The number of ether oxygens (including phenoxy) is 1. The largest absolute Gasteiger partial charge is 0.481 e. The molecule has 0 aliphatic rings. The third kappa shape index (κ3) is 2.58. The molecule has 0 fully saturated rings. The van der Waals surface area contributed by atoms with Crippen molar-refractivity contribution in [3.8, 4) is 11.9 Å². The molecule has 0 N–H and O–H groups in total. The van der Waals surface area contributed by atoms with Crippen molar-refractivity contribution in [3.63, 3.8) is 0 Å². The number of hydrogen-bond acceptors (Lipinski definition) is 3. The van der Waals surface area contributed by atoms with E-state index in [-0.39, 0.29) is 5.41 Å². The summed E-state index contributed by atoms with van der Waals surface area (Å²) in [6.07, 6.45) is 0. The number of aromatic nitrogens is 1. The van der Waals surface area contributed by atoms with Gasteiger partial charge in [-0.1, -0.05) is 32.0 Å². The van der Waals surface area contributed by atoms with Crippen LogP contribution in [0.25, 0.3) is 0 Å². The Morgan fingerprint density at radius 3 is 2.58 bits per heavy atom. The highest BCUT2D eigenvalue weighted by atomic mass is 16.5. The highest BCUT2D eigenvalue weighted by Crippen LogP contribution is 2.31. The molecule has 2 aromatic rings. The van der Waals surface area contributed by atoms with E-state index in [4.69, 9.17) is 10.00 Å². The Labute approximate surface area is 113 Å². The maximum atomic E-state index is 8.99. The number of pyridine rings is 1. The smallest absolute Gasteiger partial charge is 0.213 e. The quantitative estimate of drug-likeness (QED) is 0.842. The van der Waals surface area contributed by atoms with Gasteiger partial charge < -0.3 is 4.74 Å². The van der Waals surface area contributed by atoms with Crippen molar-refractivity contribution in [2.75, 3.05) is 7.11 Å². The summed E-state index contributed by atoms with van der Waals surface area (Å²) < 4.78 is 5.17. The standard InChI is InChI=1S/C16H16N2O/c1-16(2,13-7-4-6-12(10-13)11-17)14-8-5-9-15(18-14)19-3/h4-10H,1-3H3. The number of methoxy groups -OCH3 is 1. The average molecular weight is 252 g/mol. The molecule has 3 nitrogen and oxygen atoms in total. The molecule has 0 amide bonds. The van der Waals surface area contributed by atoms with E-state index in [2.05, 4.69) is 24.9 Å². The first kappa shape index (κ1) is 13.1. The fourth-order valence-electron chi connectivity index (χ4n) is 2.00. The van der Waals surface area contributed by atoms with Crippen molar-refractivity contribution in [2.24, 2.45) is 0 Å². The molecular formula is C16H16N2O. The van der Waals surface area contributed by atoms with Crippen molar-refractivity contribution >= 4 is 0 Å². The van der Waals surface area contributed by atoms with Crippen LogP contribution in [0.3, 0.4) is 0 Å². The molecule has 0 aliphatic heterocycles. The van der Waals surface area contributed by atoms with Gasteiger partial charge in [-0.2, -0.15) is 5.26 Å². The van der Waals surface area contributed by atoms with Crippen molar-refractivity contribution in [1.82, 2.24) is 4.98 Å². The Morgan fingerprint density at radius 1 is 1.16 bits per heavy atom. The Morgan fingerprint density at radius 2 is 1.89 bits per heavy atom. The van der Waals surface area contributed by atoms with E-state index in [0.717, 1.165) is 11.3 Å². The van der Waals surface area contributed by atoms with E-state index in [1.165, 1.54) is 0 Å². The second kappa shape index (κ2) is 5.11. The summed E-state index contributed by atoms with van der Waals surface area (Å²) in [4.78, 5) is 4.49. The first-order valence-corrected chi connectivity index (χ1v) is 6.10. The molecule has 0 atom stereocenters. The second-order valence-electron chi connectivity index (χ2n) is 4.88. The van der Waals surface area contributed by atoms with Gasteiger partial charge in [0.25, 0.3) is 0 Å². The maximum absolute atomic E-state index is 8.99. The summed E-state index contributed by atoms with van der Waals surface area (Å²) in [5.74, 6) is 0.599. The van der Waals surface area contributed by atoms with E-state index >= 15 is 0 Å². The minimum absolute atomic E-state index is 0.276. The number of rotatable bonds is 3. The van der Waals surface area contributed by atoms with E-state index in [1.807, 2.05) is 36.4 Å². The predicted octanol–water partition coefficient (Wildman–Crippen LogP) is 3.29. The SMILES string of the molecule is COc1cccc(C(C)(C)c2cccc(C#N)c2)n1. The van der Waals surface area contributed by atoms with Crippen molar-refractivity contribution in [1.29, 1.82) is 5.26 Å². The summed E-state index contributed by atoms with van der Waals surface area (Å²) in [5, 5.41) is 8.99. The van der Waals surface area contributed by atoms with Crippen LogP contribution in [0.5, 0.6) is 5.88 Å². The molecular weight excluding hydrogens is 236 g/mol. The van der Waals surface area contributed by atoms with Crippen LogP contribution in [0.15, 0.2) is 42.5 Å². The number of nitriles is 1. The van der Waals surface area contributed by atoms with Crippen molar-refractivity contribution < 1.29 is 4.74 Å². The van der Waals surface area contributed by atoms with Gasteiger partial charge in [-0.15, -0.1) is 0 Å². The molecule has 1 aromatic heterocycles. The average Bonchev–Trinajstić information content (AvgIpc) is 2.47. The number of nitrogens with zero attached hydrogens (tertiary/aromatic N) is 2. The molecule has 0 unspecified atom stereocenters. The summed E-state index contributed by atoms with van der Waals surface area (Å²) >= 11 is 0. The highest BCUT2D eigenvalue weighted by molar-refractivity contribution is 5.40. The van der Waals surface area contributed by atoms with Gasteiger partial charge in [-0.25, -0.2) is 4.98 Å². The molecule has 0 spiro atoms. The van der Waals surface area contributed by atoms with Gasteiger partial charge in [0.05, 0.1) is 24.4 Å². The number of hydrogen-bond donors (Lipinski definition) is 0. The lowest BCUT2D eigenvalue weighted by molar-refractivity contribution is 0.393. The fraction of sp³-hybridized carbons (Fsp3) is 0.250. The highest BCUT2D eigenvalue weighted by Gasteiger charge is 2.25.